The van der Waals surface area contributed by atoms with Crippen molar-refractivity contribution in [3.05, 3.63) is 0 Å². The maximum absolute atomic E-state index is 12.2. The minimum atomic E-state index is -0.492. The van der Waals surface area contributed by atoms with Crippen molar-refractivity contribution in [2.24, 2.45) is 40.2 Å². The molecule has 0 spiro atoms. The number of fused-ring (bicyclic) bond motifs is 5. The quantitative estimate of drug-likeness (QED) is 0.383. The van der Waals surface area contributed by atoms with Crippen molar-refractivity contribution in [3.63, 3.8) is 0 Å². The predicted octanol–water partition coefficient (Wildman–Crippen LogP) is 3.38. The summed E-state index contributed by atoms with van der Waals surface area (Å²) in [6.45, 7) is 6.85. The summed E-state index contributed by atoms with van der Waals surface area (Å²) in [7, 11) is 0. The first kappa shape index (κ1) is 22.0. The first-order valence-electron chi connectivity index (χ1n) is 12.3. The Morgan fingerprint density at radius 2 is 1.86 bits per heavy atom. The summed E-state index contributed by atoms with van der Waals surface area (Å²) < 4.78 is 0. The topological polar surface area (TPSA) is 87.7 Å². The van der Waals surface area contributed by atoms with E-state index in [1.54, 1.807) is 0 Å². The highest BCUT2D eigenvalue weighted by molar-refractivity contribution is 5.16. The zero-order valence-corrected chi connectivity index (χ0v) is 18.7. The molecule has 5 heteroatoms. The minimum Gasteiger partial charge on any atom is -0.393 e. The number of hydrogen-bond donors (Lipinski definition) is 4. The van der Waals surface area contributed by atoms with Gasteiger partial charge in [-0.05, 0) is 105 Å². The molecule has 5 N–H and O–H groups in total. The van der Waals surface area contributed by atoms with Gasteiger partial charge in [0.15, 0.2) is 0 Å². The predicted molar refractivity (Wildman–Crippen MR) is 115 cm³/mol. The molecule has 4 rings (SSSR count). The van der Waals surface area contributed by atoms with Crippen LogP contribution >= 0.6 is 0 Å². The molecule has 0 amide bonds. The van der Waals surface area contributed by atoms with E-state index in [0.29, 0.717) is 42.2 Å². The van der Waals surface area contributed by atoms with Crippen molar-refractivity contribution in [1.82, 2.24) is 5.48 Å². The van der Waals surface area contributed by atoms with Crippen molar-refractivity contribution < 1.29 is 15.1 Å². The van der Waals surface area contributed by atoms with Crippen molar-refractivity contribution in [2.75, 3.05) is 19.7 Å². The van der Waals surface area contributed by atoms with Gasteiger partial charge in [0.25, 0.3) is 0 Å². The number of aliphatic hydroxyl groups excluding tert-OH is 1. The minimum absolute atomic E-state index is 0.0592. The standard InChI is InChI=1S/C24H44N2O3/c1-22-10-8-19(27)16-18(22)5-6-21-20(22)9-11-23(2)17(7-12-24(21,23)28)4-3-14-26-29-15-13-25/h17-21,26-28H,3-16,25H2,1-2H3/t17-,18+,19-,20-,21+,22-,23+,24-/m0/s1. The van der Waals surface area contributed by atoms with E-state index >= 15 is 0 Å². The van der Waals surface area contributed by atoms with Gasteiger partial charge in [0, 0.05) is 13.1 Å². The summed E-state index contributed by atoms with van der Waals surface area (Å²) in [4.78, 5) is 5.30. The normalized spacial score (nSPS) is 49.3. The van der Waals surface area contributed by atoms with Crippen molar-refractivity contribution in [2.45, 2.75) is 96.2 Å². The van der Waals surface area contributed by atoms with Crippen LogP contribution in [-0.4, -0.2) is 41.6 Å². The Balaban J connectivity index is 1.43. The van der Waals surface area contributed by atoms with Crippen molar-refractivity contribution in [3.8, 4) is 0 Å². The van der Waals surface area contributed by atoms with Crippen LogP contribution in [0.1, 0.15) is 84.5 Å². The molecule has 29 heavy (non-hydrogen) atoms. The number of rotatable bonds is 7. The van der Waals surface area contributed by atoms with Crippen molar-refractivity contribution >= 4 is 0 Å². The highest BCUT2D eigenvalue weighted by Gasteiger charge is 2.66. The molecule has 0 unspecified atom stereocenters. The molecule has 0 heterocycles. The lowest BCUT2D eigenvalue weighted by Gasteiger charge is -2.63. The molecule has 0 radical (unpaired) electrons. The summed E-state index contributed by atoms with van der Waals surface area (Å²) in [5.74, 6) is 2.35. The van der Waals surface area contributed by atoms with Crippen LogP contribution in [0.25, 0.3) is 0 Å². The van der Waals surface area contributed by atoms with E-state index in [9.17, 15) is 10.2 Å². The van der Waals surface area contributed by atoms with Crippen LogP contribution in [0, 0.1) is 34.5 Å². The highest BCUT2D eigenvalue weighted by atomic mass is 16.6. The molecule has 0 bridgehead atoms. The summed E-state index contributed by atoms with van der Waals surface area (Å²) in [5.41, 5.74) is 8.37. The first-order valence-corrected chi connectivity index (χ1v) is 12.3. The third-order valence-electron chi connectivity index (χ3n) is 10.2. The molecule has 0 aromatic carbocycles. The maximum atomic E-state index is 12.2. The summed E-state index contributed by atoms with van der Waals surface area (Å²) in [6.07, 6.45) is 12.2. The number of hydrogen-bond acceptors (Lipinski definition) is 5. The van der Waals surface area contributed by atoms with Crippen LogP contribution in [-0.2, 0) is 4.84 Å². The van der Waals surface area contributed by atoms with E-state index in [1.807, 2.05) is 0 Å². The third-order valence-corrected chi connectivity index (χ3v) is 10.2. The fourth-order valence-corrected chi connectivity index (χ4v) is 8.40. The van der Waals surface area contributed by atoms with Gasteiger partial charge >= 0.3 is 0 Å². The molecule has 4 saturated carbocycles. The second-order valence-electron chi connectivity index (χ2n) is 11.2. The van der Waals surface area contributed by atoms with Crippen molar-refractivity contribution in [1.29, 1.82) is 0 Å². The first-order chi connectivity index (χ1) is 13.8. The molecule has 5 nitrogen and oxygen atoms in total. The Bertz CT molecular complexity index is 574. The average molecular weight is 409 g/mol. The van der Waals surface area contributed by atoms with Gasteiger partial charge in [-0.15, -0.1) is 0 Å². The van der Waals surface area contributed by atoms with Gasteiger partial charge in [-0.1, -0.05) is 13.8 Å². The lowest BCUT2D eigenvalue weighted by molar-refractivity contribution is -0.210. The van der Waals surface area contributed by atoms with E-state index in [2.05, 4.69) is 19.3 Å². The molecule has 0 saturated heterocycles. The van der Waals surface area contributed by atoms with Crippen LogP contribution in [0.3, 0.4) is 0 Å². The van der Waals surface area contributed by atoms with E-state index in [4.69, 9.17) is 10.6 Å². The fourth-order valence-electron chi connectivity index (χ4n) is 8.40. The Morgan fingerprint density at radius 1 is 1.03 bits per heavy atom. The molecule has 8 atom stereocenters. The molecule has 4 fully saturated rings. The summed E-state index contributed by atoms with van der Waals surface area (Å²) >= 11 is 0. The second-order valence-corrected chi connectivity index (χ2v) is 11.2. The van der Waals surface area contributed by atoms with Gasteiger partial charge in [0.1, 0.15) is 0 Å². The van der Waals surface area contributed by atoms with Gasteiger partial charge in [-0.3, -0.25) is 0 Å². The Morgan fingerprint density at radius 3 is 2.66 bits per heavy atom. The smallest absolute Gasteiger partial charge is 0.0804 e. The SMILES string of the molecule is C[C@]12CC[C@H](O)C[C@H]1CC[C@@H]1[C@@H]2CC[C@]2(C)[C@@H](CCCNOCCN)CC[C@]12O. The Kier molecular flexibility index (Phi) is 6.36. The van der Waals surface area contributed by atoms with Crippen LogP contribution < -0.4 is 11.2 Å². The summed E-state index contributed by atoms with van der Waals surface area (Å²) in [6, 6.07) is 0. The van der Waals surface area contributed by atoms with Gasteiger partial charge in [-0.2, -0.15) is 0 Å². The summed E-state index contributed by atoms with van der Waals surface area (Å²) in [5, 5.41) is 22.4. The fraction of sp³-hybridized carbons (Fsp3) is 1.00. The molecule has 0 aromatic rings. The average Bonchev–Trinajstić information content (AvgIpc) is 2.96. The van der Waals surface area contributed by atoms with Gasteiger partial charge in [0.05, 0.1) is 18.3 Å². The number of aliphatic hydroxyl groups is 2. The number of hydroxylamine groups is 1. The van der Waals surface area contributed by atoms with Crippen LogP contribution in [0.5, 0.6) is 0 Å². The van der Waals surface area contributed by atoms with Crippen LogP contribution in [0.2, 0.25) is 0 Å². The Hall–Kier alpha value is -0.200. The molecule has 4 aliphatic carbocycles. The van der Waals surface area contributed by atoms with Crippen LogP contribution in [0.4, 0.5) is 0 Å². The van der Waals surface area contributed by atoms with Gasteiger partial charge in [-0.25, -0.2) is 5.48 Å². The maximum Gasteiger partial charge on any atom is 0.0804 e. The largest absolute Gasteiger partial charge is 0.393 e. The molecular weight excluding hydrogens is 364 g/mol. The van der Waals surface area contributed by atoms with Gasteiger partial charge < -0.3 is 20.8 Å². The molecule has 168 valence electrons. The lowest BCUT2D eigenvalue weighted by atomic mass is 9.43. The van der Waals surface area contributed by atoms with E-state index in [1.165, 1.54) is 25.7 Å². The van der Waals surface area contributed by atoms with E-state index in [-0.39, 0.29) is 11.5 Å². The molecule has 4 aliphatic rings. The monoisotopic (exact) mass is 408 g/mol. The molecule has 0 aliphatic heterocycles. The third kappa shape index (κ3) is 3.59. The number of nitrogens with two attached hydrogens (primary N) is 1. The van der Waals surface area contributed by atoms with Gasteiger partial charge in [0.2, 0.25) is 0 Å². The zero-order valence-electron chi connectivity index (χ0n) is 18.7. The van der Waals surface area contributed by atoms with E-state index in [0.717, 1.165) is 51.5 Å². The van der Waals surface area contributed by atoms with Crippen LogP contribution in [0.15, 0.2) is 0 Å². The lowest BCUT2D eigenvalue weighted by Crippen LogP contribution is -2.62. The molecule has 0 aromatic heterocycles. The Labute approximate surface area is 177 Å². The zero-order chi connectivity index (χ0) is 20.7. The second kappa shape index (κ2) is 8.38. The highest BCUT2D eigenvalue weighted by Crippen LogP contribution is 2.69. The molecular formula is C24H44N2O3. The number of nitrogens with one attached hydrogen (secondary N) is 1. The van der Waals surface area contributed by atoms with E-state index < -0.39 is 5.60 Å².